The van der Waals surface area contributed by atoms with Gasteiger partial charge in [0.25, 0.3) is 5.91 Å². The molecule has 1 saturated heterocycles. The molecule has 2 saturated carbocycles. The number of carbonyl (C=O) groups is 1. The van der Waals surface area contributed by atoms with E-state index >= 15 is 0 Å². The Morgan fingerprint density at radius 2 is 2.03 bits per heavy atom. The molecule has 0 N–H and O–H groups in total. The van der Waals surface area contributed by atoms with Gasteiger partial charge in [-0.3, -0.25) is 9.69 Å². The number of hydrogen-bond donors (Lipinski definition) is 0. The quantitative estimate of drug-likeness (QED) is 0.392. The Bertz CT molecular complexity index is 1070. The van der Waals surface area contributed by atoms with Crippen LogP contribution in [-0.4, -0.2) is 28.3 Å². The highest BCUT2D eigenvalue weighted by atomic mass is 32.2. The maximum Gasteiger partial charge on any atom is 0.266 e. The summed E-state index contributed by atoms with van der Waals surface area (Å²) in [5, 5.41) is 2.16. The number of nitrogens with zero attached hydrogens (tertiary/aromatic N) is 1. The molecule has 3 atom stereocenters. The van der Waals surface area contributed by atoms with Crippen LogP contribution in [0.25, 0.3) is 17.2 Å². The maximum atomic E-state index is 13.2. The van der Waals surface area contributed by atoms with Crippen LogP contribution in [0.15, 0.2) is 28.5 Å². The molecule has 2 aromatic rings. The number of ether oxygens (including phenoxy) is 1. The fraction of sp³-hybridized carbons (Fsp3) is 0.417. The van der Waals surface area contributed by atoms with Crippen molar-refractivity contribution in [2.24, 2.45) is 11.8 Å². The van der Waals surface area contributed by atoms with Gasteiger partial charge in [-0.1, -0.05) is 36.5 Å². The van der Waals surface area contributed by atoms with Crippen molar-refractivity contribution in [2.45, 2.75) is 45.6 Å². The number of amides is 1. The molecule has 1 aromatic heterocycles. The fourth-order valence-electron chi connectivity index (χ4n) is 5.33. The standard InChI is InChI=1S/C24H25NO2S3/c1-13-6-19(14(2)21(7-13)27-3)17-10-18(29-12-17)11-22-23(26)25(24(28)30-22)20-9-15-4-5-16(20)8-15/h6-7,10-12,15-16,20H,4-5,8-9H2,1-3H3. The van der Waals surface area contributed by atoms with Crippen molar-refractivity contribution in [3.8, 4) is 16.9 Å². The predicted octanol–water partition coefficient (Wildman–Crippen LogP) is 6.43. The fourth-order valence-corrected chi connectivity index (χ4v) is 7.61. The van der Waals surface area contributed by atoms with Crippen molar-refractivity contribution in [2.75, 3.05) is 7.11 Å². The van der Waals surface area contributed by atoms with Crippen LogP contribution in [0.2, 0.25) is 0 Å². The van der Waals surface area contributed by atoms with Gasteiger partial charge in [-0.15, -0.1) is 11.3 Å². The average molecular weight is 456 g/mol. The van der Waals surface area contributed by atoms with Gasteiger partial charge in [0.2, 0.25) is 0 Å². The molecule has 3 fully saturated rings. The van der Waals surface area contributed by atoms with Gasteiger partial charge in [0, 0.05) is 10.9 Å². The number of aryl methyl sites for hydroxylation is 1. The van der Waals surface area contributed by atoms with Crippen LogP contribution < -0.4 is 4.74 Å². The van der Waals surface area contributed by atoms with Gasteiger partial charge in [-0.05, 0) is 90.8 Å². The lowest BCUT2D eigenvalue weighted by Crippen LogP contribution is -2.41. The minimum absolute atomic E-state index is 0.103. The van der Waals surface area contributed by atoms with E-state index in [4.69, 9.17) is 17.0 Å². The van der Waals surface area contributed by atoms with E-state index in [9.17, 15) is 4.79 Å². The summed E-state index contributed by atoms with van der Waals surface area (Å²) in [5.74, 6) is 2.45. The highest BCUT2D eigenvalue weighted by Gasteiger charge is 2.47. The molecule has 2 aliphatic carbocycles. The molecular weight excluding hydrogens is 430 g/mol. The summed E-state index contributed by atoms with van der Waals surface area (Å²) in [6.45, 7) is 4.17. The summed E-state index contributed by atoms with van der Waals surface area (Å²) in [7, 11) is 1.71. The molecule has 156 valence electrons. The monoisotopic (exact) mass is 455 g/mol. The van der Waals surface area contributed by atoms with Gasteiger partial charge < -0.3 is 4.74 Å². The summed E-state index contributed by atoms with van der Waals surface area (Å²) in [6.07, 6.45) is 6.99. The Morgan fingerprint density at radius 1 is 1.20 bits per heavy atom. The first kappa shape index (κ1) is 20.3. The number of benzene rings is 1. The average Bonchev–Trinajstić information content (AvgIpc) is 3.49. The molecule has 2 bridgehead atoms. The molecule has 6 heteroatoms. The lowest BCUT2D eigenvalue weighted by molar-refractivity contribution is -0.124. The van der Waals surface area contributed by atoms with Crippen LogP contribution in [0.3, 0.4) is 0 Å². The lowest BCUT2D eigenvalue weighted by Gasteiger charge is -2.30. The van der Waals surface area contributed by atoms with E-state index < -0.39 is 0 Å². The number of thiophene rings is 1. The molecule has 1 aliphatic heterocycles. The SMILES string of the molecule is COc1cc(C)cc(-c2csc(C=C3SC(=S)N(C4CC5CCC4C5)C3=O)c2)c1C. The highest BCUT2D eigenvalue weighted by molar-refractivity contribution is 8.26. The molecule has 3 aliphatic rings. The third-order valence-corrected chi connectivity index (χ3v) is 8.99. The van der Waals surface area contributed by atoms with E-state index in [0.29, 0.717) is 12.0 Å². The third kappa shape index (κ3) is 3.43. The zero-order valence-corrected chi connectivity index (χ0v) is 19.9. The van der Waals surface area contributed by atoms with Crippen molar-refractivity contribution >= 4 is 51.6 Å². The van der Waals surface area contributed by atoms with Gasteiger partial charge in [-0.25, -0.2) is 0 Å². The molecule has 2 heterocycles. The predicted molar refractivity (Wildman–Crippen MR) is 130 cm³/mol. The Morgan fingerprint density at radius 3 is 2.73 bits per heavy atom. The van der Waals surface area contributed by atoms with Gasteiger partial charge in [-0.2, -0.15) is 0 Å². The molecule has 5 rings (SSSR count). The zero-order chi connectivity index (χ0) is 21.0. The number of thiocarbonyl (C=S) groups is 1. The first-order chi connectivity index (χ1) is 14.4. The summed E-state index contributed by atoms with van der Waals surface area (Å²) in [5.41, 5.74) is 4.65. The van der Waals surface area contributed by atoms with Gasteiger partial charge >= 0.3 is 0 Å². The van der Waals surface area contributed by atoms with Crippen molar-refractivity contribution in [3.63, 3.8) is 0 Å². The van der Waals surface area contributed by atoms with Crippen LogP contribution in [0, 0.1) is 25.7 Å². The topological polar surface area (TPSA) is 29.5 Å². The second kappa shape index (κ2) is 7.81. The van der Waals surface area contributed by atoms with E-state index in [0.717, 1.165) is 43.3 Å². The molecule has 3 unspecified atom stereocenters. The van der Waals surface area contributed by atoms with Crippen molar-refractivity contribution in [1.82, 2.24) is 4.90 Å². The van der Waals surface area contributed by atoms with Crippen molar-refractivity contribution < 1.29 is 9.53 Å². The van der Waals surface area contributed by atoms with Crippen LogP contribution in [-0.2, 0) is 4.79 Å². The van der Waals surface area contributed by atoms with E-state index in [1.807, 2.05) is 11.0 Å². The molecule has 3 nitrogen and oxygen atoms in total. The molecule has 0 radical (unpaired) electrons. The van der Waals surface area contributed by atoms with Gasteiger partial charge in [0.1, 0.15) is 10.1 Å². The van der Waals surface area contributed by atoms with Crippen LogP contribution in [0.1, 0.15) is 41.7 Å². The Hall–Kier alpha value is -1.63. The number of hydrogen-bond acceptors (Lipinski definition) is 5. The largest absolute Gasteiger partial charge is 0.496 e. The Kier molecular flexibility index (Phi) is 5.28. The van der Waals surface area contributed by atoms with Crippen molar-refractivity contribution in [1.29, 1.82) is 0 Å². The smallest absolute Gasteiger partial charge is 0.266 e. The highest BCUT2D eigenvalue weighted by Crippen LogP contribution is 2.49. The summed E-state index contributed by atoms with van der Waals surface area (Å²) in [4.78, 5) is 17.0. The van der Waals surface area contributed by atoms with Gasteiger partial charge in [0.05, 0.1) is 12.0 Å². The zero-order valence-electron chi connectivity index (χ0n) is 17.4. The van der Waals surface area contributed by atoms with Crippen LogP contribution >= 0.6 is 35.3 Å². The molecule has 1 amide bonds. The van der Waals surface area contributed by atoms with E-state index in [-0.39, 0.29) is 5.91 Å². The Balaban J connectivity index is 1.41. The number of methoxy groups -OCH3 is 1. The summed E-state index contributed by atoms with van der Waals surface area (Å²) >= 11 is 8.75. The normalized spacial score (nSPS) is 27.0. The number of thioether (sulfide) groups is 1. The number of fused-ring (bicyclic) bond motifs is 2. The molecule has 1 aromatic carbocycles. The Labute approximate surface area is 191 Å². The van der Waals surface area contributed by atoms with Crippen LogP contribution in [0.4, 0.5) is 0 Å². The number of carbonyl (C=O) groups excluding carboxylic acids is 1. The second-order valence-electron chi connectivity index (χ2n) is 8.67. The first-order valence-corrected chi connectivity index (χ1v) is 12.6. The second-order valence-corrected chi connectivity index (χ2v) is 11.3. The molecular formula is C24H25NO2S3. The van der Waals surface area contributed by atoms with Gasteiger partial charge in [0.15, 0.2) is 0 Å². The van der Waals surface area contributed by atoms with Crippen molar-refractivity contribution in [3.05, 3.63) is 44.5 Å². The summed E-state index contributed by atoms with van der Waals surface area (Å²) in [6, 6.07) is 6.74. The first-order valence-electron chi connectivity index (χ1n) is 10.5. The van der Waals surface area contributed by atoms with Crippen LogP contribution in [0.5, 0.6) is 5.75 Å². The minimum atomic E-state index is 0.103. The maximum absolute atomic E-state index is 13.2. The number of rotatable bonds is 4. The molecule has 0 spiro atoms. The van der Waals surface area contributed by atoms with E-state index in [1.54, 1.807) is 18.4 Å². The molecule has 30 heavy (non-hydrogen) atoms. The van der Waals surface area contributed by atoms with E-state index in [1.165, 1.54) is 42.2 Å². The summed E-state index contributed by atoms with van der Waals surface area (Å²) < 4.78 is 6.27. The minimum Gasteiger partial charge on any atom is -0.496 e. The third-order valence-electron chi connectivity index (χ3n) is 6.78. The van der Waals surface area contributed by atoms with E-state index in [2.05, 4.69) is 37.4 Å². The lowest BCUT2D eigenvalue weighted by atomic mass is 9.94.